The van der Waals surface area contributed by atoms with Crippen LogP contribution in [0.1, 0.15) is 19.8 Å². The van der Waals surface area contributed by atoms with E-state index in [1.54, 1.807) is 0 Å². The molecular formula is C11H17BrO2. The van der Waals surface area contributed by atoms with Gasteiger partial charge in [-0.2, -0.15) is 0 Å². The predicted molar refractivity (Wildman–Crippen MR) is 61.3 cm³/mol. The average molecular weight is 261 g/mol. The van der Waals surface area contributed by atoms with Crippen molar-refractivity contribution in [1.82, 2.24) is 0 Å². The van der Waals surface area contributed by atoms with E-state index < -0.39 is 6.10 Å². The molecule has 1 N–H and O–H groups in total. The Hall–Kier alpha value is -0.120. The number of epoxide rings is 1. The summed E-state index contributed by atoms with van der Waals surface area (Å²) in [5.74, 6) is 0.536. The van der Waals surface area contributed by atoms with Crippen molar-refractivity contribution in [2.75, 3.05) is 0 Å². The van der Waals surface area contributed by atoms with E-state index >= 15 is 0 Å². The number of halogens is 1. The van der Waals surface area contributed by atoms with Gasteiger partial charge in [0.05, 0.1) is 6.10 Å². The van der Waals surface area contributed by atoms with Crippen LogP contribution in [0.4, 0.5) is 0 Å². The first kappa shape index (κ1) is 12.0. The highest BCUT2D eigenvalue weighted by Crippen LogP contribution is 2.33. The molecule has 3 heteroatoms. The van der Waals surface area contributed by atoms with Gasteiger partial charge in [0, 0.05) is 0 Å². The average Bonchev–Trinajstić information content (AvgIpc) is 2.81. The van der Waals surface area contributed by atoms with Crippen molar-refractivity contribution >= 4 is 15.9 Å². The lowest BCUT2D eigenvalue weighted by molar-refractivity contribution is 0.177. The van der Waals surface area contributed by atoms with Gasteiger partial charge in [0.25, 0.3) is 0 Å². The van der Waals surface area contributed by atoms with Gasteiger partial charge in [0.2, 0.25) is 0 Å². The second-order valence-corrected chi connectivity index (χ2v) is 5.05. The van der Waals surface area contributed by atoms with E-state index in [1.165, 1.54) is 6.08 Å². The van der Waals surface area contributed by atoms with E-state index in [0.29, 0.717) is 5.92 Å². The van der Waals surface area contributed by atoms with Crippen molar-refractivity contribution < 1.29 is 9.84 Å². The van der Waals surface area contributed by atoms with Crippen molar-refractivity contribution in [2.24, 2.45) is 5.92 Å². The zero-order chi connectivity index (χ0) is 10.7. The van der Waals surface area contributed by atoms with Crippen LogP contribution in [0.25, 0.3) is 0 Å². The van der Waals surface area contributed by atoms with E-state index in [4.69, 9.17) is 4.74 Å². The van der Waals surface area contributed by atoms with Gasteiger partial charge < -0.3 is 9.84 Å². The van der Waals surface area contributed by atoms with Crippen LogP contribution in [-0.4, -0.2) is 23.4 Å². The summed E-state index contributed by atoms with van der Waals surface area (Å²) in [7, 11) is 0. The fraction of sp³-hybridized carbons (Fsp3) is 0.636. The Balaban J connectivity index is 2.21. The highest BCUT2D eigenvalue weighted by Gasteiger charge is 2.43. The second-order valence-electron chi connectivity index (χ2n) is 3.93. The van der Waals surface area contributed by atoms with Crippen LogP contribution in [0.15, 0.2) is 23.7 Å². The topological polar surface area (TPSA) is 32.8 Å². The van der Waals surface area contributed by atoms with E-state index in [9.17, 15) is 5.11 Å². The Bertz CT molecular complexity index is 227. The first-order valence-corrected chi connectivity index (χ1v) is 5.63. The summed E-state index contributed by atoms with van der Waals surface area (Å²) in [5, 5.41) is 9.39. The molecule has 0 radical (unpaired) electrons. The largest absolute Gasteiger partial charge is 0.386 e. The Morgan fingerprint density at radius 3 is 2.86 bits per heavy atom. The molecule has 1 aliphatic rings. The molecule has 1 saturated heterocycles. The summed E-state index contributed by atoms with van der Waals surface area (Å²) in [5.41, 5.74) is 0. The molecule has 0 aromatic carbocycles. The SMILES string of the molecule is C=CC(O)[C@@H]1O[C@H]1C[C@H](C)CC(=C)Br. The molecular weight excluding hydrogens is 244 g/mol. The summed E-state index contributed by atoms with van der Waals surface area (Å²) in [6.07, 6.45) is 3.11. The summed E-state index contributed by atoms with van der Waals surface area (Å²) >= 11 is 3.34. The molecule has 1 fully saturated rings. The maximum atomic E-state index is 9.39. The van der Waals surface area contributed by atoms with Crippen LogP contribution in [0.2, 0.25) is 0 Å². The van der Waals surface area contributed by atoms with Crippen molar-refractivity contribution in [1.29, 1.82) is 0 Å². The quantitative estimate of drug-likeness (QED) is 0.589. The third-order valence-electron chi connectivity index (χ3n) is 2.40. The van der Waals surface area contributed by atoms with E-state index in [0.717, 1.165) is 17.3 Å². The molecule has 1 unspecified atom stereocenters. The fourth-order valence-electron chi connectivity index (χ4n) is 1.64. The van der Waals surface area contributed by atoms with Gasteiger partial charge in [0.1, 0.15) is 12.2 Å². The van der Waals surface area contributed by atoms with E-state index in [-0.39, 0.29) is 12.2 Å². The number of aliphatic hydroxyl groups excluding tert-OH is 1. The number of hydrogen-bond donors (Lipinski definition) is 1. The number of rotatable bonds is 6. The lowest BCUT2D eigenvalue weighted by atomic mass is 9.99. The lowest BCUT2D eigenvalue weighted by Crippen LogP contribution is -2.14. The minimum Gasteiger partial charge on any atom is -0.386 e. The second kappa shape index (κ2) is 5.10. The zero-order valence-electron chi connectivity index (χ0n) is 8.45. The monoisotopic (exact) mass is 260 g/mol. The third-order valence-corrected chi connectivity index (χ3v) is 2.73. The minimum atomic E-state index is -0.514. The molecule has 14 heavy (non-hydrogen) atoms. The van der Waals surface area contributed by atoms with E-state index in [1.807, 2.05) is 0 Å². The maximum Gasteiger partial charge on any atom is 0.114 e. The smallest absolute Gasteiger partial charge is 0.114 e. The van der Waals surface area contributed by atoms with Crippen molar-refractivity contribution in [2.45, 2.75) is 38.1 Å². The molecule has 0 saturated carbocycles. The van der Waals surface area contributed by atoms with Crippen molar-refractivity contribution in [3.05, 3.63) is 23.7 Å². The summed E-state index contributed by atoms with van der Waals surface area (Å²) < 4.78 is 6.38. The van der Waals surface area contributed by atoms with Crippen molar-refractivity contribution in [3.63, 3.8) is 0 Å². The molecule has 0 amide bonds. The summed E-state index contributed by atoms with van der Waals surface area (Å²) in [4.78, 5) is 0. The first-order chi connectivity index (χ1) is 6.54. The minimum absolute atomic E-state index is 0.0291. The van der Waals surface area contributed by atoms with Gasteiger partial charge >= 0.3 is 0 Å². The van der Waals surface area contributed by atoms with Crippen LogP contribution >= 0.6 is 15.9 Å². The normalized spacial score (nSPS) is 29.4. The molecule has 0 aromatic rings. The van der Waals surface area contributed by atoms with Crippen molar-refractivity contribution in [3.8, 4) is 0 Å². The van der Waals surface area contributed by atoms with Crippen LogP contribution < -0.4 is 0 Å². The molecule has 0 spiro atoms. The van der Waals surface area contributed by atoms with Gasteiger partial charge in [-0.1, -0.05) is 35.5 Å². The Morgan fingerprint density at radius 1 is 1.71 bits per heavy atom. The van der Waals surface area contributed by atoms with Gasteiger partial charge in [0.15, 0.2) is 0 Å². The first-order valence-electron chi connectivity index (χ1n) is 4.84. The molecule has 0 aliphatic carbocycles. The number of ether oxygens (including phenoxy) is 1. The zero-order valence-corrected chi connectivity index (χ0v) is 10.0. The molecule has 4 atom stereocenters. The van der Waals surface area contributed by atoms with Crippen LogP contribution in [0, 0.1) is 5.92 Å². The number of allylic oxidation sites excluding steroid dienone is 1. The molecule has 1 heterocycles. The van der Waals surface area contributed by atoms with Gasteiger partial charge in [-0.3, -0.25) is 0 Å². The van der Waals surface area contributed by atoms with Gasteiger partial charge in [-0.05, 0) is 23.2 Å². The molecule has 80 valence electrons. The highest BCUT2D eigenvalue weighted by atomic mass is 79.9. The van der Waals surface area contributed by atoms with E-state index in [2.05, 4.69) is 36.0 Å². The summed E-state index contributed by atoms with van der Waals surface area (Å²) in [6, 6.07) is 0. The standard InChI is InChI=1S/C11H17BrO2/c1-4-9(13)11-10(14-11)6-7(2)5-8(3)12/h4,7,9-11,13H,1,3,5-6H2,2H3/t7-,9?,10+,11+/m1/s1. The molecule has 2 nitrogen and oxygen atoms in total. The third kappa shape index (κ3) is 3.56. The Labute approximate surface area is 93.8 Å². The Morgan fingerprint density at radius 2 is 2.36 bits per heavy atom. The van der Waals surface area contributed by atoms with Crippen LogP contribution in [0.3, 0.4) is 0 Å². The number of aliphatic hydroxyl groups is 1. The summed E-state index contributed by atoms with van der Waals surface area (Å²) in [6.45, 7) is 9.49. The molecule has 0 aromatic heterocycles. The maximum absolute atomic E-state index is 9.39. The molecule has 1 aliphatic heterocycles. The Kier molecular flexibility index (Phi) is 4.35. The van der Waals surface area contributed by atoms with Gasteiger partial charge in [-0.25, -0.2) is 0 Å². The van der Waals surface area contributed by atoms with Crippen LogP contribution in [-0.2, 0) is 4.74 Å². The number of hydrogen-bond acceptors (Lipinski definition) is 2. The lowest BCUT2D eigenvalue weighted by Gasteiger charge is -2.08. The highest BCUT2D eigenvalue weighted by molar-refractivity contribution is 9.11. The van der Waals surface area contributed by atoms with Gasteiger partial charge in [-0.15, -0.1) is 6.58 Å². The van der Waals surface area contributed by atoms with Crippen LogP contribution in [0.5, 0.6) is 0 Å². The molecule has 1 rings (SSSR count). The predicted octanol–water partition coefficient (Wildman–Crippen LogP) is 2.63. The fourth-order valence-corrected chi connectivity index (χ4v) is 2.19. The molecule has 0 bridgehead atoms.